The minimum atomic E-state index is -0.756. The highest BCUT2D eigenvalue weighted by Gasteiger charge is 2.39. The standard InChI is InChI=1S/C16H16N2O5/c1-3-6-21-15(19)13-9(2)17-16(20)18-14(13)10-4-5-11-12(7-10)23-8-22-11/h3-5,7,13-14H,1-2,6,8H2,(H2,17,18,20)/t13-,14+/m0/s1. The van der Waals surface area contributed by atoms with E-state index in [0.29, 0.717) is 17.1 Å². The summed E-state index contributed by atoms with van der Waals surface area (Å²) < 4.78 is 15.7. The second-order valence-electron chi connectivity index (χ2n) is 5.11. The maximum Gasteiger partial charge on any atom is 0.319 e. The number of amides is 2. The van der Waals surface area contributed by atoms with E-state index in [-0.39, 0.29) is 19.1 Å². The molecule has 2 amide bonds. The molecule has 2 aliphatic heterocycles. The summed E-state index contributed by atoms with van der Waals surface area (Å²) >= 11 is 0. The number of hydrogen-bond donors (Lipinski definition) is 2. The van der Waals surface area contributed by atoms with Crippen molar-refractivity contribution in [1.82, 2.24) is 10.6 Å². The van der Waals surface area contributed by atoms with E-state index < -0.39 is 24.0 Å². The van der Waals surface area contributed by atoms with Crippen LogP contribution in [0.2, 0.25) is 0 Å². The Morgan fingerprint density at radius 3 is 2.96 bits per heavy atom. The Morgan fingerprint density at radius 2 is 2.17 bits per heavy atom. The van der Waals surface area contributed by atoms with Gasteiger partial charge in [0.15, 0.2) is 11.5 Å². The van der Waals surface area contributed by atoms with Gasteiger partial charge in [0.2, 0.25) is 6.79 Å². The summed E-state index contributed by atoms with van der Waals surface area (Å²) in [4.78, 5) is 24.1. The van der Waals surface area contributed by atoms with E-state index in [2.05, 4.69) is 23.8 Å². The third-order valence-corrected chi connectivity index (χ3v) is 3.62. The van der Waals surface area contributed by atoms with E-state index in [9.17, 15) is 9.59 Å². The smallest absolute Gasteiger partial charge is 0.319 e. The maximum absolute atomic E-state index is 12.3. The molecule has 2 aliphatic rings. The van der Waals surface area contributed by atoms with E-state index in [1.807, 2.05) is 0 Å². The van der Waals surface area contributed by atoms with E-state index in [4.69, 9.17) is 14.2 Å². The lowest BCUT2D eigenvalue weighted by Gasteiger charge is -2.33. The van der Waals surface area contributed by atoms with E-state index in [0.717, 1.165) is 0 Å². The number of esters is 1. The molecule has 0 spiro atoms. The van der Waals surface area contributed by atoms with Crippen molar-refractivity contribution >= 4 is 12.0 Å². The Morgan fingerprint density at radius 1 is 1.39 bits per heavy atom. The van der Waals surface area contributed by atoms with Gasteiger partial charge in [0, 0.05) is 5.70 Å². The number of carbonyl (C=O) groups excluding carboxylic acids is 2. The van der Waals surface area contributed by atoms with Gasteiger partial charge in [-0.3, -0.25) is 4.79 Å². The average Bonchev–Trinajstić information content (AvgIpc) is 2.99. The summed E-state index contributed by atoms with van der Waals surface area (Å²) in [5, 5.41) is 5.24. The fourth-order valence-electron chi connectivity index (χ4n) is 2.58. The second-order valence-corrected chi connectivity index (χ2v) is 5.11. The first-order valence-corrected chi connectivity index (χ1v) is 7.03. The predicted molar refractivity (Wildman–Crippen MR) is 80.8 cm³/mol. The Kier molecular flexibility index (Phi) is 3.92. The van der Waals surface area contributed by atoms with Crippen molar-refractivity contribution in [1.29, 1.82) is 0 Å². The lowest BCUT2D eigenvalue weighted by atomic mass is 9.89. The van der Waals surface area contributed by atoms with Crippen molar-refractivity contribution in [2.45, 2.75) is 6.04 Å². The summed E-state index contributed by atoms with van der Waals surface area (Å²) in [5.41, 5.74) is 0.983. The van der Waals surface area contributed by atoms with Crippen LogP contribution in [0, 0.1) is 5.92 Å². The zero-order valence-electron chi connectivity index (χ0n) is 12.3. The maximum atomic E-state index is 12.3. The lowest BCUT2D eigenvalue weighted by Crippen LogP contribution is -2.51. The number of ether oxygens (including phenoxy) is 3. The summed E-state index contributed by atoms with van der Waals surface area (Å²) in [7, 11) is 0. The number of carbonyl (C=O) groups is 2. The molecule has 1 fully saturated rings. The molecule has 0 bridgehead atoms. The van der Waals surface area contributed by atoms with Crippen molar-refractivity contribution in [3.05, 3.63) is 48.7 Å². The molecule has 0 saturated carbocycles. The lowest BCUT2D eigenvalue weighted by molar-refractivity contribution is -0.147. The number of rotatable bonds is 4. The van der Waals surface area contributed by atoms with Crippen LogP contribution in [-0.4, -0.2) is 25.4 Å². The SMILES string of the molecule is C=CCOC(=O)[C@H]1C(=C)NC(=O)N[C@@H]1c1ccc2c(c1)OCO2. The monoisotopic (exact) mass is 316 g/mol. The van der Waals surface area contributed by atoms with Crippen LogP contribution in [0.4, 0.5) is 4.79 Å². The molecule has 0 unspecified atom stereocenters. The van der Waals surface area contributed by atoms with Crippen molar-refractivity contribution in [3.8, 4) is 11.5 Å². The molecular weight excluding hydrogens is 300 g/mol. The summed E-state index contributed by atoms with van der Waals surface area (Å²) in [5.74, 6) is -0.0594. The van der Waals surface area contributed by atoms with Crippen LogP contribution >= 0.6 is 0 Å². The van der Waals surface area contributed by atoms with Crippen molar-refractivity contribution in [2.75, 3.05) is 13.4 Å². The summed E-state index contributed by atoms with van der Waals surface area (Å²) in [6.07, 6.45) is 1.48. The van der Waals surface area contributed by atoms with Crippen LogP contribution < -0.4 is 20.1 Å². The molecule has 3 rings (SSSR count). The Labute approximate surface area is 132 Å². The number of hydrogen-bond acceptors (Lipinski definition) is 5. The number of fused-ring (bicyclic) bond motifs is 1. The fraction of sp³-hybridized carbons (Fsp3) is 0.250. The largest absolute Gasteiger partial charge is 0.461 e. The zero-order valence-corrected chi connectivity index (χ0v) is 12.3. The predicted octanol–water partition coefficient (Wildman–Crippen LogP) is 1.63. The molecule has 120 valence electrons. The quantitative estimate of drug-likeness (QED) is 0.651. The van der Waals surface area contributed by atoms with Crippen LogP contribution in [0.5, 0.6) is 11.5 Å². The minimum absolute atomic E-state index is 0.0877. The Hall–Kier alpha value is -2.96. The molecule has 1 aromatic rings. The molecule has 0 radical (unpaired) electrons. The number of benzene rings is 1. The van der Waals surface area contributed by atoms with Gasteiger partial charge in [-0.15, -0.1) is 0 Å². The van der Waals surface area contributed by atoms with Gasteiger partial charge in [0.05, 0.1) is 6.04 Å². The summed E-state index contributed by atoms with van der Waals surface area (Å²) in [6, 6.07) is 4.21. The van der Waals surface area contributed by atoms with Gasteiger partial charge < -0.3 is 24.8 Å². The van der Waals surface area contributed by atoms with Gasteiger partial charge in [-0.2, -0.15) is 0 Å². The Balaban J connectivity index is 1.91. The van der Waals surface area contributed by atoms with Crippen molar-refractivity contribution in [2.24, 2.45) is 5.92 Å². The molecule has 7 heteroatoms. The van der Waals surface area contributed by atoms with Crippen molar-refractivity contribution < 1.29 is 23.8 Å². The van der Waals surface area contributed by atoms with Crippen LogP contribution in [0.1, 0.15) is 11.6 Å². The molecule has 7 nitrogen and oxygen atoms in total. The van der Waals surface area contributed by atoms with Gasteiger partial charge in [0.1, 0.15) is 12.5 Å². The van der Waals surface area contributed by atoms with Crippen LogP contribution in [0.15, 0.2) is 43.1 Å². The van der Waals surface area contributed by atoms with E-state index in [1.165, 1.54) is 6.08 Å². The fourth-order valence-corrected chi connectivity index (χ4v) is 2.58. The molecule has 0 aliphatic carbocycles. The van der Waals surface area contributed by atoms with Crippen LogP contribution in [0.25, 0.3) is 0 Å². The van der Waals surface area contributed by atoms with E-state index >= 15 is 0 Å². The highest BCUT2D eigenvalue weighted by Crippen LogP contribution is 2.37. The molecule has 1 saturated heterocycles. The highest BCUT2D eigenvalue weighted by molar-refractivity contribution is 5.85. The highest BCUT2D eigenvalue weighted by atomic mass is 16.7. The summed E-state index contributed by atoms with van der Waals surface area (Å²) in [6.45, 7) is 7.51. The third-order valence-electron chi connectivity index (χ3n) is 3.62. The van der Waals surface area contributed by atoms with Crippen molar-refractivity contribution in [3.63, 3.8) is 0 Å². The molecule has 1 aromatic carbocycles. The topological polar surface area (TPSA) is 85.9 Å². The molecule has 2 atom stereocenters. The molecule has 2 heterocycles. The minimum Gasteiger partial charge on any atom is -0.461 e. The van der Waals surface area contributed by atoms with Gasteiger partial charge in [-0.25, -0.2) is 4.79 Å². The van der Waals surface area contributed by atoms with Gasteiger partial charge in [0.25, 0.3) is 0 Å². The molecule has 23 heavy (non-hydrogen) atoms. The zero-order chi connectivity index (χ0) is 16.4. The Bertz CT molecular complexity index is 685. The van der Waals surface area contributed by atoms with Gasteiger partial charge in [-0.05, 0) is 17.7 Å². The van der Waals surface area contributed by atoms with Crippen LogP contribution in [-0.2, 0) is 9.53 Å². The first-order valence-electron chi connectivity index (χ1n) is 7.03. The first kappa shape index (κ1) is 15.0. The average molecular weight is 316 g/mol. The van der Waals surface area contributed by atoms with Gasteiger partial charge >= 0.3 is 12.0 Å². The van der Waals surface area contributed by atoms with E-state index in [1.54, 1.807) is 18.2 Å². The van der Waals surface area contributed by atoms with Gasteiger partial charge in [-0.1, -0.05) is 25.3 Å². The number of urea groups is 1. The molecule has 0 aromatic heterocycles. The molecule has 2 N–H and O–H groups in total. The number of nitrogens with one attached hydrogen (secondary N) is 2. The first-order chi connectivity index (χ1) is 11.1. The van der Waals surface area contributed by atoms with Crippen LogP contribution in [0.3, 0.4) is 0 Å². The second kappa shape index (κ2) is 6.04. The molecular formula is C16H16N2O5. The normalized spacial score (nSPS) is 22.1. The third kappa shape index (κ3) is 2.85.